The molecule has 0 aromatic heterocycles. The Kier molecular flexibility index (Phi) is 5.75. The summed E-state index contributed by atoms with van der Waals surface area (Å²) < 4.78 is 0. The number of hydrogen-bond acceptors (Lipinski definition) is 0. The Morgan fingerprint density at radius 1 is 0.385 bits per heavy atom. The predicted octanol–water partition coefficient (Wildman–Crippen LogP) is 10.5. The van der Waals surface area contributed by atoms with E-state index in [-0.39, 0.29) is 0 Å². The number of benzene rings is 6. The predicted molar refractivity (Wildman–Crippen MR) is 166 cm³/mol. The van der Waals surface area contributed by atoms with E-state index in [0.717, 1.165) is 6.42 Å². The standard InChI is InChI=1S/C39H30/c1-26-17-20-29(21-18-26)33-22-19-27(2)23-36(33)39-37-24-31-15-9-10-16-32(31)35(37)25-34(28-11-5-3-6-12-28)38(39)30-13-7-4-8-14-30/h3-23,25H,24H2,1-2H3. The lowest BCUT2D eigenvalue weighted by molar-refractivity contribution is 1.26. The highest BCUT2D eigenvalue weighted by molar-refractivity contribution is 6.04. The van der Waals surface area contributed by atoms with Crippen LogP contribution in [0.25, 0.3) is 55.6 Å². The van der Waals surface area contributed by atoms with Crippen LogP contribution in [-0.2, 0) is 6.42 Å². The Labute approximate surface area is 231 Å². The molecule has 0 bridgehead atoms. The van der Waals surface area contributed by atoms with Gasteiger partial charge in [0, 0.05) is 0 Å². The average molecular weight is 499 g/mol. The molecule has 1 aliphatic rings. The van der Waals surface area contributed by atoms with Crippen molar-refractivity contribution in [1.82, 2.24) is 0 Å². The normalized spacial score (nSPS) is 11.7. The molecule has 0 heterocycles. The van der Waals surface area contributed by atoms with E-state index in [1.807, 2.05) is 0 Å². The van der Waals surface area contributed by atoms with Crippen molar-refractivity contribution in [3.63, 3.8) is 0 Å². The van der Waals surface area contributed by atoms with Gasteiger partial charge in [0.15, 0.2) is 0 Å². The first kappa shape index (κ1) is 23.4. The molecule has 0 aliphatic heterocycles. The third-order valence-corrected chi connectivity index (χ3v) is 8.06. The van der Waals surface area contributed by atoms with Crippen LogP contribution in [0.1, 0.15) is 22.3 Å². The van der Waals surface area contributed by atoms with Gasteiger partial charge in [0.1, 0.15) is 0 Å². The monoisotopic (exact) mass is 498 g/mol. The van der Waals surface area contributed by atoms with E-state index in [9.17, 15) is 0 Å². The second-order valence-electron chi connectivity index (χ2n) is 10.7. The van der Waals surface area contributed by atoms with Crippen LogP contribution in [0.5, 0.6) is 0 Å². The Bertz CT molecular complexity index is 1810. The smallest absolute Gasteiger partial charge is 0.000705 e. The number of fused-ring (bicyclic) bond motifs is 3. The lowest BCUT2D eigenvalue weighted by atomic mass is 9.80. The molecule has 6 aromatic carbocycles. The van der Waals surface area contributed by atoms with Crippen LogP contribution in [0.4, 0.5) is 0 Å². The second kappa shape index (κ2) is 9.57. The lowest BCUT2D eigenvalue weighted by Gasteiger charge is -2.23. The minimum Gasteiger partial charge on any atom is -0.0622 e. The van der Waals surface area contributed by atoms with Crippen LogP contribution in [0.2, 0.25) is 0 Å². The van der Waals surface area contributed by atoms with E-state index in [2.05, 4.69) is 147 Å². The van der Waals surface area contributed by atoms with E-state index in [4.69, 9.17) is 0 Å². The largest absolute Gasteiger partial charge is 0.0622 e. The quantitative estimate of drug-likeness (QED) is 0.226. The van der Waals surface area contributed by atoms with Crippen molar-refractivity contribution in [3.8, 4) is 55.6 Å². The lowest BCUT2D eigenvalue weighted by Crippen LogP contribution is -1.99. The summed E-state index contributed by atoms with van der Waals surface area (Å²) in [6.07, 6.45) is 0.941. The molecule has 1 aliphatic carbocycles. The summed E-state index contributed by atoms with van der Waals surface area (Å²) in [5, 5.41) is 0. The highest BCUT2D eigenvalue weighted by Gasteiger charge is 2.28. The van der Waals surface area contributed by atoms with Gasteiger partial charge in [-0.25, -0.2) is 0 Å². The minimum atomic E-state index is 0.941. The van der Waals surface area contributed by atoms with Crippen LogP contribution < -0.4 is 0 Å². The molecule has 186 valence electrons. The van der Waals surface area contributed by atoms with Gasteiger partial charge in [0.25, 0.3) is 0 Å². The average Bonchev–Trinajstić information content (AvgIpc) is 3.36. The molecule has 7 rings (SSSR count). The van der Waals surface area contributed by atoms with Gasteiger partial charge in [0.05, 0.1) is 0 Å². The van der Waals surface area contributed by atoms with Gasteiger partial charge in [-0.2, -0.15) is 0 Å². The van der Waals surface area contributed by atoms with Crippen molar-refractivity contribution in [2.24, 2.45) is 0 Å². The molecule has 0 unspecified atom stereocenters. The summed E-state index contributed by atoms with van der Waals surface area (Å²) in [5.74, 6) is 0. The third kappa shape index (κ3) is 4.10. The highest BCUT2D eigenvalue weighted by atomic mass is 14.3. The van der Waals surface area contributed by atoms with E-state index in [0.29, 0.717) is 0 Å². The summed E-state index contributed by atoms with van der Waals surface area (Å²) in [4.78, 5) is 0. The number of hydrogen-bond donors (Lipinski definition) is 0. The molecule has 0 saturated carbocycles. The Hall–Kier alpha value is -4.68. The molecule has 0 heteroatoms. The summed E-state index contributed by atoms with van der Waals surface area (Å²) in [6, 6.07) is 49.2. The van der Waals surface area contributed by atoms with Crippen molar-refractivity contribution in [2.75, 3.05) is 0 Å². The zero-order valence-electron chi connectivity index (χ0n) is 22.4. The molecule has 0 nitrogen and oxygen atoms in total. The van der Waals surface area contributed by atoms with Crippen molar-refractivity contribution in [3.05, 3.63) is 156 Å². The van der Waals surface area contributed by atoms with E-state index < -0.39 is 0 Å². The molecular weight excluding hydrogens is 468 g/mol. The third-order valence-electron chi connectivity index (χ3n) is 8.06. The van der Waals surface area contributed by atoms with Gasteiger partial charge in [-0.05, 0) is 93.1 Å². The van der Waals surface area contributed by atoms with Crippen molar-refractivity contribution in [2.45, 2.75) is 20.3 Å². The van der Waals surface area contributed by atoms with E-state index in [1.165, 1.54) is 77.9 Å². The van der Waals surface area contributed by atoms with Gasteiger partial charge in [-0.1, -0.05) is 139 Å². The van der Waals surface area contributed by atoms with Crippen LogP contribution in [0, 0.1) is 13.8 Å². The zero-order chi connectivity index (χ0) is 26.3. The van der Waals surface area contributed by atoms with Gasteiger partial charge in [0.2, 0.25) is 0 Å². The topological polar surface area (TPSA) is 0 Å². The Morgan fingerprint density at radius 3 is 1.74 bits per heavy atom. The van der Waals surface area contributed by atoms with E-state index in [1.54, 1.807) is 0 Å². The molecule has 0 amide bonds. The maximum absolute atomic E-state index is 2.45. The maximum Gasteiger partial charge on any atom is -0.000705 e. The summed E-state index contributed by atoms with van der Waals surface area (Å²) >= 11 is 0. The molecule has 0 N–H and O–H groups in total. The fourth-order valence-corrected chi connectivity index (χ4v) is 6.17. The first-order valence-electron chi connectivity index (χ1n) is 13.7. The minimum absolute atomic E-state index is 0.941. The summed E-state index contributed by atoms with van der Waals surface area (Å²) in [6.45, 7) is 4.36. The molecule has 0 atom stereocenters. The first-order chi connectivity index (χ1) is 19.2. The molecule has 0 spiro atoms. The van der Waals surface area contributed by atoms with Gasteiger partial charge < -0.3 is 0 Å². The Balaban J connectivity index is 1.64. The van der Waals surface area contributed by atoms with Crippen LogP contribution in [0.15, 0.2) is 133 Å². The SMILES string of the molecule is Cc1ccc(-c2ccc(C)cc2-c2c3c(cc(-c4ccccc4)c2-c2ccccc2)-c2ccccc2C3)cc1. The van der Waals surface area contributed by atoms with Gasteiger partial charge in [-0.3, -0.25) is 0 Å². The zero-order valence-corrected chi connectivity index (χ0v) is 22.4. The first-order valence-corrected chi connectivity index (χ1v) is 13.7. The molecule has 39 heavy (non-hydrogen) atoms. The second-order valence-corrected chi connectivity index (χ2v) is 10.7. The molecule has 6 aromatic rings. The fourth-order valence-electron chi connectivity index (χ4n) is 6.17. The fraction of sp³-hybridized carbons (Fsp3) is 0.0769. The van der Waals surface area contributed by atoms with Crippen molar-refractivity contribution >= 4 is 0 Å². The highest BCUT2D eigenvalue weighted by Crippen LogP contribution is 2.52. The Morgan fingerprint density at radius 2 is 1.00 bits per heavy atom. The molecule has 0 saturated heterocycles. The van der Waals surface area contributed by atoms with Crippen LogP contribution in [0.3, 0.4) is 0 Å². The molecular formula is C39H30. The van der Waals surface area contributed by atoms with Crippen LogP contribution >= 0.6 is 0 Å². The molecule has 0 fully saturated rings. The van der Waals surface area contributed by atoms with Gasteiger partial charge >= 0.3 is 0 Å². The van der Waals surface area contributed by atoms with Gasteiger partial charge in [-0.15, -0.1) is 0 Å². The maximum atomic E-state index is 2.45. The van der Waals surface area contributed by atoms with Crippen LogP contribution in [-0.4, -0.2) is 0 Å². The molecule has 0 radical (unpaired) electrons. The van der Waals surface area contributed by atoms with Crippen molar-refractivity contribution < 1.29 is 0 Å². The number of rotatable bonds is 4. The summed E-state index contributed by atoms with van der Waals surface area (Å²) in [5.41, 5.74) is 18.4. The van der Waals surface area contributed by atoms with E-state index >= 15 is 0 Å². The summed E-state index contributed by atoms with van der Waals surface area (Å²) in [7, 11) is 0. The van der Waals surface area contributed by atoms with Crippen molar-refractivity contribution in [1.29, 1.82) is 0 Å². The number of aryl methyl sites for hydroxylation is 2.